The van der Waals surface area contributed by atoms with Crippen molar-refractivity contribution in [3.8, 4) is 0 Å². The highest BCUT2D eigenvalue weighted by atomic mass is 16.5. The molecule has 0 aliphatic carbocycles. The van der Waals surface area contributed by atoms with Crippen molar-refractivity contribution < 1.29 is 14.3 Å². The van der Waals surface area contributed by atoms with Crippen LogP contribution in [0.4, 0.5) is 0 Å². The highest BCUT2D eigenvalue weighted by Crippen LogP contribution is 2.15. The van der Waals surface area contributed by atoms with Gasteiger partial charge in [-0.05, 0) is 44.0 Å². The van der Waals surface area contributed by atoms with Gasteiger partial charge in [0.05, 0.1) is 24.8 Å². The van der Waals surface area contributed by atoms with E-state index in [1.165, 1.54) is 7.11 Å². The van der Waals surface area contributed by atoms with Crippen LogP contribution in [0.15, 0.2) is 24.3 Å². The molecule has 5 nitrogen and oxygen atoms in total. The number of nitrogens with one attached hydrogen (secondary N) is 2. The fourth-order valence-electron chi connectivity index (χ4n) is 2.33. The molecule has 2 rings (SSSR count). The highest BCUT2D eigenvalue weighted by Gasteiger charge is 2.23. The molecular weight excluding hydrogens is 256 g/mol. The van der Waals surface area contributed by atoms with Gasteiger partial charge in [0.2, 0.25) is 5.91 Å². The van der Waals surface area contributed by atoms with Crippen LogP contribution in [0.2, 0.25) is 0 Å². The molecule has 20 heavy (non-hydrogen) atoms. The van der Waals surface area contributed by atoms with Crippen molar-refractivity contribution in [2.24, 2.45) is 0 Å². The summed E-state index contributed by atoms with van der Waals surface area (Å²) in [5, 5.41) is 6.15. The van der Waals surface area contributed by atoms with Crippen LogP contribution in [0.3, 0.4) is 0 Å². The Kier molecular flexibility index (Phi) is 4.74. The van der Waals surface area contributed by atoms with Gasteiger partial charge in [-0.1, -0.05) is 12.1 Å². The first-order valence-electron chi connectivity index (χ1n) is 6.84. The van der Waals surface area contributed by atoms with E-state index >= 15 is 0 Å². The molecule has 0 aromatic heterocycles. The minimum Gasteiger partial charge on any atom is -0.465 e. The van der Waals surface area contributed by atoms with Gasteiger partial charge in [-0.2, -0.15) is 0 Å². The van der Waals surface area contributed by atoms with Crippen LogP contribution in [-0.2, 0) is 9.53 Å². The van der Waals surface area contributed by atoms with E-state index in [1.54, 1.807) is 12.1 Å². The lowest BCUT2D eigenvalue weighted by Gasteiger charge is -2.17. The number of hydrogen-bond donors (Lipinski definition) is 2. The molecule has 108 valence electrons. The lowest BCUT2D eigenvalue weighted by atomic mass is 10.1. The Hall–Kier alpha value is -1.88. The van der Waals surface area contributed by atoms with E-state index in [9.17, 15) is 9.59 Å². The van der Waals surface area contributed by atoms with Crippen molar-refractivity contribution in [3.63, 3.8) is 0 Å². The summed E-state index contributed by atoms with van der Waals surface area (Å²) in [6.07, 6.45) is 1.93. The maximum absolute atomic E-state index is 12.0. The minimum atomic E-state index is -0.358. The summed E-state index contributed by atoms with van der Waals surface area (Å²) in [5.41, 5.74) is 1.47. The second-order valence-corrected chi connectivity index (χ2v) is 4.99. The first-order chi connectivity index (χ1) is 9.61. The highest BCUT2D eigenvalue weighted by molar-refractivity contribution is 5.89. The van der Waals surface area contributed by atoms with Gasteiger partial charge < -0.3 is 15.4 Å². The molecule has 1 aliphatic rings. The van der Waals surface area contributed by atoms with Gasteiger partial charge in [-0.3, -0.25) is 4.79 Å². The topological polar surface area (TPSA) is 67.4 Å². The van der Waals surface area contributed by atoms with Crippen LogP contribution >= 0.6 is 0 Å². The zero-order valence-electron chi connectivity index (χ0n) is 11.8. The zero-order valence-corrected chi connectivity index (χ0v) is 11.8. The summed E-state index contributed by atoms with van der Waals surface area (Å²) in [4.78, 5) is 23.3. The van der Waals surface area contributed by atoms with Gasteiger partial charge in [0.1, 0.15) is 0 Å². The van der Waals surface area contributed by atoms with Gasteiger partial charge in [0.25, 0.3) is 0 Å². The molecule has 1 aromatic rings. The largest absolute Gasteiger partial charge is 0.465 e. The van der Waals surface area contributed by atoms with Crippen molar-refractivity contribution in [2.75, 3.05) is 13.7 Å². The molecule has 1 fully saturated rings. The Bertz CT molecular complexity index is 478. The van der Waals surface area contributed by atoms with Crippen molar-refractivity contribution in [1.29, 1.82) is 0 Å². The van der Waals surface area contributed by atoms with Crippen molar-refractivity contribution in [2.45, 2.75) is 31.8 Å². The summed E-state index contributed by atoms with van der Waals surface area (Å²) in [6.45, 7) is 2.83. The van der Waals surface area contributed by atoms with E-state index in [2.05, 4.69) is 15.4 Å². The van der Waals surface area contributed by atoms with Gasteiger partial charge >= 0.3 is 5.97 Å². The minimum absolute atomic E-state index is 0.0343. The number of benzene rings is 1. The second-order valence-electron chi connectivity index (χ2n) is 4.99. The molecule has 5 heteroatoms. The fraction of sp³-hybridized carbons (Fsp3) is 0.467. The molecule has 1 aliphatic heterocycles. The third kappa shape index (κ3) is 3.36. The summed E-state index contributed by atoms with van der Waals surface area (Å²) in [5.74, 6) is -0.324. The van der Waals surface area contributed by atoms with Crippen LogP contribution in [0.1, 0.15) is 41.7 Å². The van der Waals surface area contributed by atoms with E-state index in [-0.39, 0.29) is 24.0 Å². The maximum atomic E-state index is 12.0. The SMILES string of the molecule is COC(=O)c1ccc([C@H](C)NC(=O)[C@H]2CCCN2)cc1. The summed E-state index contributed by atoms with van der Waals surface area (Å²) in [6, 6.07) is 6.91. The molecule has 0 unspecified atom stereocenters. The van der Waals surface area contributed by atoms with Crippen LogP contribution in [-0.4, -0.2) is 31.6 Å². The van der Waals surface area contributed by atoms with E-state index in [4.69, 9.17) is 0 Å². The third-order valence-corrected chi connectivity index (χ3v) is 3.57. The Balaban J connectivity index is 1.96. The number of rotatable bonds is 4. The summed E-state index contributed by atoms with van der Waals surface area (Å²) in [7, 11) is 1.35. The molecule has 2 N–H and O–H groups in total. The lowest BCUT2D eigenvalue weighted by molar-refractivity contribution is -0.123. The van der Waals surface area contributed by atoms with E-state index in [0.29, 0.717) is 5.56 Å². The van der Waals surface area contributed by atoms with Crippen molar-refractivity contribution >= 4 is 11.9 Å². The Labute approximate surface area is 118 Å². The van der Waals surface area contributed by atoms with E-state index in [0.717, 1.165) is 24.9 Å². The van der Waals surface area contributed by atoms with Crippen molar-refractivity contribution in [3.05, 3.63) is 35.4 Å². The van der Waals surface area contributed by atoms with E-state index < -0.39 is 0 Å². The molecule has 1 heterocycles. The molecule has 0 bridgehead atoms. The number of amides is 1. The smallest absolute Gasteiger partial charge is 0.337 e. The number of carbonyl (C=O) groups is 2. The van der Waals surface area contributed by atoms with Crippen LogP contribution < -0.4 is 10.6 Å². The molecule has 1 aromatic carbocycles. The molecule has 0 saturated carbocycles. The van der Waals surface area contributed by atoms with Gasteiger partial charge in [0.15, 0.2) is 0 Å². The third-order valence-electron chi connectivity index (χ3n) is 3.57. The Morgan fingerprint density at radius 3 is 2.60 bits per heavy atom. The Morgan fingerprint density at radius 1 is 1.35 bits per heavy atom. The molecule has 1 amide bonds. The van der Waals surface area contributed by atoms with Crippen LogP contribution in [0, 0.1) is 0 Å². The molecule has 0 spiro atoms. The number of carbonyl (C=O) groups excluding carboxylic acids is 2. The first-order valence-corrected chi connectivity index (χ1v) is 6.84. The maximum Gasteiger partial charge on any atom is 0.337 e. The molecular formula is C15H20N2O3. The first kappa shape index (κ1) is 14.5. The zero-order chi connectivity index (χ0) is 14.5. The summed E-state index contributed by atoms with van der Waals surface area (Å²) >= 11 is 0. The van der Waals surface area contributed by atoms with Gasteiger partial charge in [-0.25, -0.2) is 4.79 Å². The van der Waals surface area contributed by atoms with Crippen molar-refractivity contribution in [1.82, 2.24) is 10.6 Å². The second kappa shape index (κ2) is 6.52. The number of methoxy groups -OCH3 is 1. The van der Waals surface area contributed by atoms with Gasteiger partial charge in [0, 0.05) is 0 Å². The fourth-order valence-corrected chi connectivity index (χ4v) is 2.33. The van der Waals surface area contributed by atoms with Crippen LogP contribution in [0.25, 0.3) is 0 Å². The standard InChI is InChI=1S/C15H20N2O3/c1-10(17-14(18)13-4-3-9-16-13)11-5-7-12(8-6-11)15(19)20-2/h5-8,10,13,16H,3-4,9H2,1-2H3,(H,17,18)/t10-,13+/m0/s1. The summed E-state index contributed by atoms with van der Waals surface area (Å²) < 4.78 is 4.65. The number of hydrogen-bond acceptors (Lipinski definition) is 4. The normalized spacial score (nSPS) is 19.4. The van der Waals surface area contributed by atoms with E-state index in [1.807, 2.05) is 19.1 Å². The quantitative estimate of drug-likeness (QED) is 0.816. The predicted octanol–water partition coefficient (Wildman–Crippen LogP) is 1.40. The van der Waals surface area contributed by atoms with Crippen LogP contribution in [0.5, 0.6) is 0 Å². The Morgan fingerprint density at radius 2 is 2.05 bits per heavy atom. The average Bonchev–Trinajstić information content (AvgIpc) is 3.01. The number of ether oxygens (including phenoxy) is 1. The molecule has 1 saturated heterocycles. The predicted molar refractivity (Wildman–Crippen MR) is 75.4 cm³/mol. The average molecular weight is 276 g/mol. The molecule has 0 radical (unpaired) electrons. The lowest BCUT2D eigenvalue weighted by Crippen LogP contribution is -2.41. The monoisotopic (exact) mass is 276 g/mol. The van der Waals surface area contributed by atoms with Gasteiger partial charge in [-0.15, -0.1) is 0 Å². The molecule has 2 atom stereocenters. The number of esters is 1.